The van der Waals surface area contributed by atoms with Gasteiger partial charge in [0.1, 0.15) is 0 Å². The van der Waals surface area contributed by atoms with E-state index in [4.69, 9.17) is 5.21 Å². The average molecular weight is 328 g/mol. The lowest BCUT2D eigenvalue weighted by Gasteiger charge is -2.27. The van der Waals surface area contributed by atoms with E-state index in [1.165, 1.54) is 0 Å². The zero-order valence-electron chi connectivity index (χ0n) is 13.6. The second-order valence-corrected chi connectivity index (χ2v) is 6.07. The first-order chi connectivity index (χ1) is 11.6. The minimum atomic E-state index is -0.474. The molecule has 0 aliphatic carbocycles. The van der Waals surface area contributed by atoms with Gasteiger partial charge in [-0.3, -0.25) is 20.0 Å². The number of pyridine rings is 1. The second kappa shape index (κ2) is 6.79. The molecule has 1 aliphatic rings. The predicted octanol–water partition coefficient (Wildman–Crippen LogP) is 2.72. The van der Waals surface area contributed by atoms with Gasteiger partial charge in [0.25, 0.3) is 0 Å². The SMILES string of the molecule is CC(C)C(c1cc2ncccc2[nH]1)N1C/C(=C/CC(=O)NO)N=N1. The second-order valence-electron chi connectivity index (χ2n) is 6.07. The lowest BCUT2D eigenvalue weighted by atomic mass is 10.0. The van der Waals surface area contributed by atoms with E-state index in [0.717, 1.165) is 16.7 Å². The fourth-order valence-electron chi connectivity index (χ4n) is 2.86. The molecule has 8 heteroatoms. The molecule has 2 aromatic rings. The first-order valence-electron chi connectivity index (χ1n) is 7.82. The fourth-order valence-corrected chi connectivity index (χ4v) is 2.86. The van der Waals surface area contributed by atoms with Gasteiger partial charge in [-0.1, -0.05) is 19.1 Å². The summed E-state index contributed by atoms with van der Waals surface area (Å²) >= 11 is 0. The highest BCUT2D eigenvalue weighted by atomic mass is 16.5. The van der Waals surface area contributed by atoms with Crippen LogP contribution in [-0.4, -0.2) is 32.6 Å². The number of hydrogen-bond donors (Lipinski definition) is 3. The van der Waals surface area contributed by atoms with Crippen molar-refractivity contribution in [2.75, 3.05) is 6.54 Å². The monoisotopic (exact) mass is 328 g/mol. The predicted molar refractivity (Wildman–Crippen MR) is 87.9 cm³/mol. The Morgan fingerprint density at radius 2 is 2.38 bits per heavy atom. The third kappa shape index (κ3) is 3.28. The fraction of sp³-hybridized carbons (Fsp3) is 0.375. The van der Waals surface area contributed by atoms with Crippen LogP contribution in [0.15, 0.2) is 46.5 Å². The molecular weight excluding hydrogens is 308 g/mol. The highest BCUT2D eigenvalue weighted by molar-refractivity contribution is 5.76. The van der Waals surface area contributed by atoms with Gasteiger partial charge in [0, 0.05) is 18.3 Å². The van der Waals surface area contributed by atoms with Gasteiger partial charge < -0.3 is 4.98 Å². The Balaban J connectivity index is 1.80. The molecule has 1 aliphatic heterocycles. The number of nitrogens with zero attached hydrogens (tertiary/aromatic N) is 4. The summed E-state index contributed by atoms with van der Waals surface area (Å²) in [5, 5.41) is 18.8. The van der Waals surface area contributed by atoms with E-state index in [0.29, 0.717) is 18.2 Å². The maximum absolute atomic E-state index is 11.1. The van der Waals surface area contributed by atoms with Crippen LogP contribution < -0.4 is 5.48 Å². The number of hydrogen-bond acceptors (Lipinski definition) is 6. The number of H-pyrrole nitrogens is 1. The van der Waals surface area contributed by atoms with Crippen LogP contribution in [0.25, 0.3) is 11.0 Å². The molecule has 0 saturated heterocycles. The van der Waals surface area contributed by atoms with Crippen molar-refractivity contribution in [2.24, 2.45) is 16.3 Å². The summed E-state index contributed by atoms with van der Waals surface area (Å²) in [5.74, 6) is -0.171. The van der Waals surface area contributed by atoms with E-state index in [1.54, 1.807) is 17.8 Å². The van der Waals surface area contributed by atoms with Gasteiger partial charge in [0.15, 0.2) is 0 Å². The average Bonchev–Trinajstić information content (AvgIpc) is 3.19. The summed E-state index contributed by atoms with van der Waals surface area (Å²) in [6, 6.07) is 5.96. The van der Waals surface area contributed by atoms with Gasteiger partial charge in [-0.15, -0.1) is 5.11 Å². The van der Waals surface area contributed by atoms with Crippen LogP contribution in [0, 0.1) is 5.92 Å². The van der Waals surface area contributed by atoms with Crippen molar-refractivity contribution in [2.45, 2.75) is 26.3 Å². The van der Waals surface area contributed by atoms with Crippen molar-refractivity contribution in [1.29, 1.82) is 0 Å². The minimum Gasteiger partial charge on any atom is -0.355 e. The molecule has 1 amide bonds. The van der Waals surface area contributed by atoms with Crippen LogP contribution in [0.5, 0.6) is 0 Å². The van der Waals surface area contributed by atoms with Crippen LogP contribution in [-0.2, 0) is 4.79 Å². The van der Waals surface area contributed by atoms with Crippen LogP contribution >= 0.6 is 0 Å². The van der Waals surface area contributed by atoms with Gasteiger partial charge in [-0.25, -0.2) is 5.48 Å². The smallest absolute Gasteiger partial charge is 0.247 e. The van der Waals surface area contributed by atoms with Crippen molar-refractivity contribution >= 4 is 16.9 Å². The topological polar surface area (TPSA) is 106 Å². The maximum Gasteiger partial charge on any atom is 0.247 e. The molecule has 3 N–H and O–H groups in total. The van der Waals surface area contributed by atoms with Crippen molar-refractivity contribution in [3.8, 4) is 0 Å². The third-order valence-corrected chi connectivity index (χ3v) is 3.94. The Labute approximate surface area is 139 Å². The molecule has 1 atom stereocenters. The van der Waals surface area contributed by atoms with E-state index in [1.807, 2.05) is 23.2 Å². The first kappa shape index (κ1) is 16.1. The van der Waals surface area contributed by atoms with Gasteiger partial charge in [0.05, 0.1) is 29.3 Å². The molecule has 2 aromatic heterocycles. The van der Waals surface area contributed by atoms with Crippen LogP contribution in [0.3, 0.4) is 0 Å². The molecule has 0 bridgehead atoms. The first-order valence-corrected chi connectivity index (χ1v) is 7.82. The Morgan fingerprint density at radius 1 is 1.54 bits per heavy atom. The standard InChI is InChI=1S/C16H20N6O2/c1-10(2)16(14-8-13-12(18-14)4-3-7-17-13)22-9-11(19-21-22)5-6-15(23)20-24/h3-5,7-8,10,16,18,24H,6,9H2,1-2H3,(H,20,23)/b11-5-. The van der Waals surface area contributed by atoms with E-state index in [-0.39, 0.29) is 12.5 Å². The summed E-state index contributed by atoms with van der Waals surface area (Å²) < 4.78 is 0. The van der Waals surface area contributed by atoms with E-state index in [2.05, 4.69) is 34.2 Å². The number of fused-ring (bicyclic) bond motifs is 1. The number of nitrogens with one attached hydrogen (secondary N) is 2. The summed E-state index contributed by atoms with van der Waals surface area (Å²) in [6.45, 7) is 4.77. The lowest BCUT2D eigenvalue weighted by molar-refractivity contribution is -0.128. The van der Waals surface area contributed by atoms with Crippen molar-refractivity contribution in [1.82, 2.24) is 20.5 Å². The molecule has 0 saturated carbocycles. The number of carbonyl (C=O) groups is 1. The quantitative estimate of drug-likeness (QED) is 0.579. The number of rotatable bonds is 5. The maximum atomic E-state index is 11.1. The van der Waals surface area contributed by atoms with Crippen LogP contribution in [0.2, 0.25) is 0 Å². The van der Waals surface area contributed by atoms with Crippen LogP contribution in [0.4, 0.5) is 0 Å². The third-order valence-electron chi connectivity index (χ3n) is 3.94. The van der Waals surface area contributed by atoms with Crippen molar-refractivity contribution in [3.05, 3.63) is 41.9 Å². The van der Waals surface area contributed by atoms with Gasteiger partial charge in [-0.2, -0.15) is 0 Å². The largest absolute Gasteiger partial charge is 0.355 e. The Kier molecular flexibility index (Phi) is 4.57. The normalized spacial score (nSPS) is 17.2. The van der Waals surface area contributed by atoms with Gasteiger partial charge in [-0.05, 0) is 30.2 Å². The summed E-state index contributed by atoms with van der Waals surface area (Å²) in [7, 11) is 0. The number of hydroxylamine groups is 1. The van der Waals surface area contributed by atoms with E-state index >= 15 is 0 Å². The van der Waals surface area contributed by atoms with Gasteiger partial charge >= 0.3 is 0 Å². The van der Waals surface area contributed by atoms with Crippen LogP contribution in [0.1, 0.15) is 32.0 Å². The molecule has 3 rings (SSSR count). The van der Waals surface area contributed by atoms with E-state index in [9.17, 15) is 4.79 Å². The Morgan fingerprint density at radius 3 is 3.08 bits per heavy atom. The molecule has 0 spiro atoms. The number of carbonyl (C=O) groups excluding carboxylic acids is 1. The van der Waals surface area contributed by atoms with E-state index < -0.39 is 5.91 Å². The minimum absolute atomic E-state index is 0.0283. The summed E-state index contributed by atoms with van der Waals surface area (Å²) in [4.78, 5) is 18.9. The lowest BCUT2D eigenvalue weighted by Crippen LogP contribution is -2.26. The molecule has 0 aromatic carbocycles. The Hall–Kier alpha value is -2.74. The van der Waals surface area contributed by atoms with Crippen molar-refractivity contribution < 1.29 is 10.0 Å². The zero-order valence-corrected chi connectivity index (χ0v) is 13.6. The summed E-state index contributed by atoms with van der Waals surface area (Å²) in [6.07, 6.45) is 3.51. The molecule has 1 unspecified atom stereocenters. The molecule has 126 valence electrons. The number of amides is 1. The van der Waals surface area contributed by atoms with Crippen molar-refractivity contribution in [3.63, 3.8) is 0 Å². The molecular formula is C16H20N6O2. The number of aromatic nitrogens is 2. The molecule has 3 heterocycles. The number of aromatic amines is 1. The molecule has 0 radical (unpaired) electrons. The molecule has 0 fully saturated rings. The molecule has 24 heavy (non-hydrogen) atoms. The Bertz CT molecular complexity index is 762. The zero-order chi connectivity index (χ0) is 17.1. The highest BCUT2D eigenvalue weighted by Crippen LogP contribution is 2.33. The molecule has 8 nitrogen and oxygen atoms in total. The highest BCUT2D eigenvalue weighted by Gasteiger charge is 2.28. The summed E-state index contributed by atoms with van der Waals surface area (Å²) in [5.41, 5.74) is 5.25. The van der Waals surface area contributed by atoms with Gasteiger partial charge in [0.2, 0.25) is 5.91 Å².